The van der Waals surface area contributed by atoms with Gasteiger partial charge in [-0.2, -0.15) is 10.2 Å². The van der Waals surface area contributed by atoms with E-state index in [-0.39, 0.29) is 5.78 Å². The van der Waals surface area contributed by atoms with Crippen molar-refractivity contribution in [3.8, 4) is 16.9 Å². The van der Waals surface area contributed by atoms with Crippen LogP contribution in [-0.4, -0.2) is 30.2 Å². The summed E-state index contributed by atoms with van der Waals surface area (Å²) in [6.07, 6.45) is 6.93. The van der Waals surface area contributed by atoms with Gasteiger partial charge in [0.15, 0.2) is 5.65 Å². The van der Waals surface area contributed by atoms with Gasteiger partial charge in [0.25, 0.3) is 0 Å². The average molecular weight is 371 g/mol. The summed E-state index contributed by atoms with van der Waals surface area (Å²) in [7, 11) is 0. The van der Waals surface area contributed by atoms with E-state index in [4.69, 9.17) is 0 Å². The van der Waals surface area contributed by atoms with E-state index in [1.54, 1.807) is 27.8 Å². The molecular formula is C20H13N5OS. The van der Waals surface area contributed by atoms with Crippen LogP contribution in [0.5, 0.6) is 0 Å². The molecule has 1 aromatic carbocycles. The van der Waals surface area contributed by atoms with Crippen molar-refractivity contribution in [1.29, 1.82) is 0 Å². The largest absolute Gasteiger partial charge is 0.287 e. The van der Waals surface area contributed by atoms with E-state index in [2.05, 4.69) is 15.2 Å². The molecule has 5 aromatic rings. The van der Waals surface area contributed by atoms with Gasteiger partial charge in [-0.05, 0) is 35.7 Å². The number of ketones is 1. The van der Waals surface area contributed by atoms with Gasteiger partial charge in [-0.3, -0.25) is 4.79 Å². The fourth-order valence-electron chi connectivity index (χ4n) is 3.04. The number of aromatic nitrogens is 5. The Morgan fingerprint density at radius 1 is 1.00 bits per heavy atom. The lowest BCUT2D eigenvalue weighted by Gasteiger charge is -2.07. The van der Waals surface area contributed by atoms with Crippen molar-refractivity contribution in [3.63, 3.8) is 0 Å². The zero-order chi connectivity index (χ0) is 18.2. The third-order valence-corrected chi connectivity index (χ3v) is 5.17. The zero-order valence-corrected chi connectivity index (χ0v) is 14.9. The Hall–Kier alpha value is -3.58. The Kier molecular flexibility index (Phi) is 3.65. The first-order chi connectivity index (χ1) is 13.3. The summed E-state index contributed by atoms with van der Waals surface area (Å²) in [5.41, 5.74) is 3.83. The topological polar surface area (TPSA) is 65.1 Å². The van der Waals surface area contributed by atoms with Gasteiger partial charge in [0.05, 0.1) is 28.0 Å². The molecular weight excluding hydrogens is 358 g/mol. The molecule has 0 spiro atoms. The molecule has 27 heavy (non-hydrogen) atoms. The normalized spacial score (nSPS) is 11.1. The van der Waals surface area contributed by atoms with Gasteiger partial charge < -0.3 is 0 Å². The van der Waals surface area contributed by atoms with Gasteiger partial charge in [-0.1, -0.05) is 18.2 Å². The fourth-order valence-corrected chi connectivity index (χ4v) is 3.72. The molecule has 0 saturated heterocycles. The van der Waals surface area contributed by atoms with E-state index in [1.165, 1.54) is 11.3 Å². The maximum atomic E-state index is 12.7. The van der Waals surface area contributed by atoms with Crippen LogP contribution in [0.1, 0.15) is 15.2 Å². The highest BCUT2D eigenvalue weighted by Gasteiger charge is 2.18. The maximum Gasteiger partial charge on any atom is 0.208 e. The molecule has 4 aromatic heterocycles. The van der Waals surface area contributed by atoms with Crippen molar-refractivity contribution in [2.45, 2.75) is 0 Å². The Morgan fingerprint density at radius 3 is 2.78 bits per heavy atom. The van der Waals surface area contributed by atoms with Gasteiger partial charge >= 0.3 is 0 Å². The van der Waals surface area contributed by atoms with Crippen LogP contribution < -0.4 is 0 Å². The number of nitrogens with zero attached hydrogens (tertiary/aromatic N) is 5. The number of hydrogen-bond donors (Lipinski definition) is 0. The molecule has 0 aliphatic carbocycles. The van der Waals surface area contributed by atoms with Crippen LogP contribution in [0.25, 0.3) is 22.6 Å². The molecule has 0 bridgehead atoms. The molecule has 0 N–H and O–H groups in total. The predicted octanol–water partition coefficient (Wildman–Crippen LogP) is 3.87. The molecule has 130 valence electrons. The quantitative estimate of drug-likeness (QED) is 0.450. The maximum absolute atomic E-state index is 12.7. The molecule has 7 heteroatoms. The lowest BCUT2D eigenvalue weighted by molar-refractivity contribution is 0.104. The summed E-state index contributed by atoms with van der Waals surface area (Å²) < 4.78 is 3.51. The third-order valence-electron chi connectivity index (χ3n) is 4.30. The predicted molar refractivity (Wildman–Crippen MR) is 103 cm³/mol. The first kappa shape index (κ1) is 15.7. The minimum atomic E-state index is -0.0602. The van der Waals surface area contributed by atoms with E-state index < -0.39 is 0 Å². The van der Waals surface area contributed by atoms with Crippen molar-refractivity contribution >= 4 is 22.8 Å². The number of carbonyl (C=O) groups excluding carboxylic acids is 1. The van der Waals surface area contributed by atoms with Crippen molar-refractivity contribution in [1.82, 2.24) is 24.4 Å². The van der Waals surface area contributed by atoms with Crippen LogP contribution >= 0.6 is 11.3 Å². The average Bonchev–Trinajstić information content (AvgIpc) is 3.49. The number of carbonyl (C=O) groups is 1. The van der Waals surface area contributed by atoms with Crippen LogP contribution in [0.2, 0.25) is 0 Å². The Bertz CT molecular complexity index is 1240. The molecule has 6 nitrogen and oxygen atoms in total. The number of benzene rings is 1. The van der Waals surface area contributed by atoms with Crippen molar-refractivity contribution in [2.75, 3.05) is 0 Å². The fraction of sp³-hybridized carbons (Fsp3) is 0. The van der Waals surface area contributed by atoms with Crippen LogP contribution in [0, 0.1) is 0 Å². The molecule has 0 aliphatic rings. The second-order valence-electron chi connectivity index (χ2n) is 5.93. The first-order valence-corrected chi connectivity index (χ1v) is 9.20. The number of fused-ring (bicyclic) bond motifs is 1. The van der Waals surface area contributed by atoms with Gasteiger partial charge in [0.2, 0.25) is 5.78 Å². The molecule has 0 atom stereocenters. The Balaban J connectivity index is 1.63. The van der Waals surface area contributed by atoms with Crippen LogP contribution in [0.4, 0.5) is 0 Å². The minimum absolute atomic E-state index is 0.0602. The Morgan fingerprint density at radius 2 is 1.96 bits per heavy atom. The SMILES string of the molecule is O=C(c1cccs1)c1cnn2c(-c3cccc(-n4cccn4)c3)ccnc12. The highest BCUT2D eigenvalue weighted by Crippen LogP contribution is 2.24. The minimum Gasteiger partial charge on any atom is -0.287 e. The molecule has 0 fully saturated rings. The molecule has 0 saturated carbocycles. The van der Waals surface area contributed by atoms with Gasteiger partial charge in [-0.25, -0.2) is 14.2 Å². The van der Waals surface area contributed by atoms with Gasteiger partial charge in [0, 0.05) is 24.2 Å². The molecule has 5 rings (SSSR count). The van der Waals surface area contributed by atoms with E-state index in [0.29, 0.717) is 16.1 Å². The Labute approximate surface area is 158 Å². The summed E-state index contributed by atoms with van der Waals surface area (Å²) in [5.74, 6) is -0.0602. The first-order valence-electron chi connectivity index (χ1n) is 8.33. The standard InChI is InChI=1S/C20H13N5OS/c26-19(18-6-2-11-27-18)16-13-23-25-17(7-9-21-20(16)25)14-4-1-5-15(12-14)24-10-3-8-22-24/h1-13H. The summed E-state index contributed by atoms with van der Waals surface area (Å²) >= 11 is 1.41. The van der Waals surface area contributed by atoms with E-state index in [0.717, 1.165) is 16.9 Å². The molecule has 0 unspecified atom stereocenters. The van der Waals surface area contributed by atoms with Crippen LogP contribution in [0.3, 0.4) is 0 Å². The van der Waals surface area contributed by atoms with Crippen molar-refractivity contribution < 1.29 is 4.79 Å². The molecule has 0 radical (unpaired) electrons. The summed E-state index contributed by atoms with van der Waals surface area (Å²) in [5, 5.41) is 10.6. The number of hydrogen-bond acceptors (Lipinski definition) is 5. The third kappa shape index (κ3) is 2.65. The highest BCUT2D eigenvalue weighted by molar-refractivity contribution is 7.12. The highest BCUT2D eigenvalue weighted by atomic mass is 32.1. The monoisotopic (exact) mass is 371 g/mol. The summed E-state index contributed by atoms with van der Waals surface area (Å²) in [6.45, 7) is 0. The lowest BCUT2D eigenvalue weighted by Crippen LogP contribution is -2.01. The zero-order valence-electron chi connectivity index (χ0n) is 14.1. The van der Waals surface area contributed by atoms with Crippen molar-refractivity contribution in [2.24, 2.45) is 0 Å². The lowest BCUT2D eigenvalue weighted by atomic mass is 10.1. The second-order valence-corrected chi connectivity index (χ2v) is 6.88. The summed E-state index contributed by atoms with van der Waals surface area (Å²) in [6, 6.07) is 15.4. The smallest absolute Gasteiger partial charge is 0.208 e. The molecule has 0 amide bonds. The molecule has 4 heterocycles. The molecule has 0 aliphatic heterocycles. The van der Waals surface area contributed by atoms with E-state index in [1.807, 2.05) is 60.1 Å². The van der Waals surface area contributed by atoms with Crippen LogP contribution in [0.15, 0.2) is 78.7 Å². The van der Waals surface area contributed by atoms with E-state index in [9.17, 15) is 4.79 Å². The second kappa shape index (κ2) is 6.30. The van der Waals surface area contributed by atoms with Crippen LogP contribution in [-0.2, 0) is 0 Å². The number of thiophene rings is 1. The van der Waals surface area contributed by atoms with Gasteiger partial charge in [-0.15, -0.1) is 11.3 Å². The number of rotatable bonds is 4. The van der Waals surface area contributed by atoms with E-state index >= 15 is 0 Å². The van der Waals surface area contributed by atoms with Gasteiger partial charge in [0.1, 0.15) is 0 Å². The van der Waals surface area contributed by atoms with Crippen molar-refractivity contribution in [3.05, 3.63) is 89.1 Å². The summed E-state index contributed by atoms with van der Waals surface area (Å²) in [4.78, 5) is 17.8.